The molecule has 2 rings (SSSR count). The van der Waals surface area contributed by atoms with E-state index < -0.39 is 0 Å². The molecule has 2 unspecified atom stereocenters. The van der Waals surface area contributed by atoms with E-state index in [1.54, 1.807) is 6.07 Å². The summed E-state index contributed by atoms with van der Waals surface area (Å²) < 4.78 is 13.8. The Hall–Kier alpha value is -0.610. The molecule has 1 saturated carbocycles. The maximum atomic E-state index is 13.3. The Kier molecular flexibility index (Phi) is 4.05. The van der Waals surface area contributed by atoms with Gasteiger partial charge < -0.3 is 11.1 Å². The molecule has 1 aromatic rings. The summed E-state index contributed by atoms with van der Waals surface area (Å²) in [6.07, 6.45) is 3.56. The summed E-state index contributed by atoms with van der Waals surface area (Å²) in [5.74, 6) is 0.327. The monoisotopic (exact) mass is 300 g/mol. The second kappa shape index (κ2) is 5.36. The standard InChI is InChI=1S/C13H18BrFN2/c1-8-5-11(15)10(14)6-13(8)17-12-4-2-3-9(12)7-16/h5-6,9,12,17H,2-4,7,16H2,1H3. The molecule has 0 aliphatic heterocycles. The van der Waals surface area contributed by atoms with Crippen LogP contribution >= 0.6 is 15.9 Å². The summed E-state index contributed by atoms with van der Waals surface area (Å²) in [5, 5.41) is 3.50. The molecule has 1 aromatic carbocycles. The van der Waals surface area contributed by atoms with Crippen molar-refractivity contribution in [3.05, 3.63) is 28.0 Å². The maximum absolute atomic E-state index is 13.3. The third-order valence-electron chi connectivity index (χ3n) is 3.57. The zero-order chi connectivity index (χ0) is 12.4. The lowest BCUT2D eigenvalue weighted by molar-refractivity contribution is 0.516. The molecule has 0 saturated heterocycles. The Labute approximate surface area is 110 Å². The van der Waals surface area contributed by atoms with Gasteiger partial charge in [0.1, 0.15) is 5.82 Å². The summed E-state index contributed by atoms with van der Waals surface area (Å²) in [4.78, 5) is 0. The Morgan fingerprint density at radius 3 is 2.94 bits per heavy atom. The van der Waals surface area contributed by atoms with Crippen molar-refractivity contribution in [2.24, 2.45) is 11.7 Å². The van der Waals surface area contributed by atoms with Crippen molar-refractivity contribution in [2.75, 3.05) is 11.9 Å². The molecule has 0 aromatic heterocycles. The van der Waals surface area contributed by atoms with Gasteiger partial charge in [-0.2, -0.15) is 0 Å². The van der Waals surface area contributed by atoms with Gasteiger partial charge in [0.05, 0.1) is 4.47 Å². The van der Waals surface area contributed by atoms with E-state index in [-0.39, 0.29) is 5.82 Å². The van der Waals surface area contributed by atoms with Gasteiger partial charge in [-0.3, -0.25) is 0 Å². The van der Waals surface area contributed by atoms with E-state index in [1.165, 1.54) is 12.8 Å². The molecule has 0 amide bonds. The maximum Gasteiger partial charge on any atom is 0.137 e. The SMILES string of the molecule is Cc1cc(F)c(Br)cc1NC1CCCC1CN. The first-order valence-electron chi connectivity index (χ1n) is 6.04. The fraction of sp³-hybridized carbons (Fsp3) is 0.538. The van der Waals surface area contributed by atoms with Crippen molar-refractivity contribution in [3.8, 4) is 0 Å². The fourth-order valence-corrected chi connectivity index (χ4v) is 2.85. The van der Waals surface area contributed by atoms with Gasteiger partial charge in [-0.1, -0.05) is 6.42 Å². The number of halogens is 2. The van der Waals surface area contributed by atoms with Crippen LogP contribution in [0.3, 0.4) is 0 Å². The number of nitrogens with two attached hydrogens (primary N) is 1. The van der Waals surface area contributed by atoms with Crippen LogP contribution in [-0.4, -0.2) is 12.6 Å². The molecule has 1 fully saturated rings. The van der Waals surface area contributed by atoms with E-state index >= 15 is 0 Å². The van der Waals surface area contributed by atoms with Gasteiger partial charge in [0, 0.05) is 11.7 Å². The van der Waals surface area contributed by atoms with Gasteiger partial charge in [0.15, 0.2) is 0 Å². The van der Waals surface area contributed by atoms with Crippen molar-refractivity contribution < 1.29 is 4.39 Å². The first-order valence-corrected chi connectivity index (χ1v) is 6.83. The lowest BCUT2D eigenvalue weighted by Gasteiger charge is -2.22. The lowest BCUT2D eigenvalue weighted by atomic mass is 10.0. The first kappa shape index (κ1) is 12.8. The number of anilines is 1. The molecule has 0 bridgehead atoms. The van der Waals surface area contributed by atoms with Crippen LogP contribution in [0.1, 0.15) is 24.8 Å². The Balaban J connectivity index is 2.15. The van der Waals surface area contributed by atoms with E-state index in [4.69, 9.17) is 5.73 Å². The van der Waals surface area contributed by atoms with Gasteiger partial charge in [-0.05, 0) is 65.9 Å². The number of benzene rings is 1. The number of nitrogens with one attached hydrogen (secondary N) is 1. The second-order valence-electron chi connectivity index (χ2n) is 4.76. The summed E-state index contributed by atoms with van der Waals surface area (Å²) in [6.45, 7) is 2.64. The average Bonchev–Trinajstić information content (AvgIpc) is 2.73. The molecule has 2 nitrogen and oxygen atoms in total. The Morgan fingerprint density at radius 1 is 1.47 bits per heavy atom. The molecule has 94 valence electrons. The molecule has 1 aliphatic rings. The molecule has 0 heterocycles. The highest BCUT2D eigenvalue weighted by molar-refractivity contribution is 9.10. The van der Waals surface area contributed by atoms with Gasteiger partial charge >= 0.3 is 0 Å². The topological polar surface area (TPSA) is 38.0 Å². The van der Waals surface area contributed by atoms with Crippen molar-refractivity contribution in [1.29, 1.82) is 0 Å². The minimum Gasteiger partial charge on any atom is -0.382 e. The highest BCUT2D eigenvalue weighted by Gasteiger charge is 2.26. The molecular formula is C13H18BrFN2. The van der Waals surface area contributed by atoms with E-state index in [0.29, 0.717) is 16.4 Å². The molecule has 4 heteroatoms. The molecular weight excluding hydrogens is 283 g/mol. The molecule has 0 spiro atoms. The summed E-state index contributed by atoms with van der Waals surface area (Å²) in [6, 6.07) is 3.80. The van der Waals surface area contributed by atoms with Crippen LogP contribution in [0.15, 0.2) is 16.6 Å². The Bertz CT molecular complexity index is 409. The zero-order valence-electron chi connectivity index (χ0n) is 9.97. The third-order valence-corrected chi connectivity index (χ3v) is 4.18. The van der Waals surface area contributed by atoms with Crippen LogP contribution in [0, 0.1) is 18.7 Å². The van der Waals surface area contributed by atoms with Crippen molar-refractivity contribution in [2.45, 2.75) is 32.2 Å². The van der Waals surface area contributed by atoms with Gasteiger partial charge in [0.25, 0.3) is 0 Å². The minimum absolute atomic E-state index is 0.213. The number of hydrogen-bond donors (Lipinski definition) is 2. The number of aryl methyl sites for hydroxylation is 1. The predicted octanol–water partition coefficient (Wildman–Crippen LogP) is 3.44. The predicted molar refractivity (Wildman–Crippen MR) is 72.6 cm³/mol. The van der Waals surface area contributed by atoms with E-state index in [1.807, 2.05) is 13.0 Å². The van der Waals surface area contributed by atoms with Crippen molar-refractivity contribution >= 4 is 21.6 Å². The summed E-state index contributed by atoms with van der Waals surface area (Å²) >= 11 is 3.22. The average molecular weight is 301 g/mol. The smallest absolute Gasteiger partial charge is 0.137 e. The number of rotatable bonds is 3. The van der Waals surface area contributed by atoms with E-state index in [9.17, 15) is 4.39 Å². The van der Waals surface area contributed by atoms with Crippen LogP contribution < -0.4 is 11.1 Å². The van der Waals surface area contributed by atoms with Crippen molar-refractivity contribution in [3.63, 3.8) is 0 Å². The van der Waals surface area contributed by atoms with Gasteiger partial charge in [-0.25, -0.2) is 4.39 Å². The minimum atomic E-state index is -0.213. The largest absolute Gasteiger partial charge is 0.382 e. The van der Waals surface area contributed by atoms with Gasteiger partial charge in [0.2, 0.25) is 0 Å². The van der Waals surface area contributed by atoms with Crippen LogP contribution in [0.25, 0.3) is 0 Å². The highest BCUT2D eigenvalue weighted by Crippen LogP contribution is 2.31. The summed E-state index contributed by atoms with van der Waals surface area (Å²) in [5.41, 5.74) is 7.70. The normalized spacial score (nSPS) is 24.0. The highest BCUT2D eigenvalue weighted by atomic mass is 79.9. The third kappa shape index (κ3) is 2.80. The van der Waals surface area contributed by atoms with Crippen molar-refractivity contribution in [1.82, 2.24) is 0 Å². The first-order chi connectivity index (χ1) is 8.11. The molecule has 17 heavy (non-hydrogen) atoms. The molecule has 3 N–H and O–H groups in total. The molecule has 0 radical (unpaired) electrons. The van der Waals surface area contributed by atoms with Gasteiger partial charge in [-0.15, -0.1) is 0 Å². The Morgan fingerprint density at radius 2 is 2.24 bits per heavy atom. The molecule has 2 atom stereocenters. The number of hydrogen-bond acceptors (Lipinski definition) is 2. The fourth-order valence-electron chi connectivity index (χ4n) is 2.51. The van der Waals surface area contributed by atoms with Crippen LogP contribution in [0.4, 0.5) is 10.1 Å². The van der Waals surface area contributed by atoms with Crippen LogP contribution in [0.5, 0.6) is 0 Å². The van der Waals surface area contributed by atoms with E-state index in [0.717, 1.165) is 24.2 Å². The summed E-state index contributed by atoms with van der Waals surface area (Å²) in [7, 11) is 0. The van der Waals surface area contributed by atoms with E-state index in [2.05, 4.69) is 21.2 Å². The lowest BCUT2D eigenvalue weighted by Crippen LogP contribution is -2.29. The quantitative estimate of drug-likeness (QED) is 0.897. The molecule has 1 aliphatic carbocycles. The van der Waals surface area contributed by atoms with Crippen LogP contribution in [0.2, 0.25) is 0 Å². The van der Waals surface area contributed by atoms with Crippen LogP contribution in [-0.2, 0) is 0 Å². The second-order valence-corrected chi connectivity index (χ2v) is 5.61. The zero-order valence-corrected chi connectivity index (χ0v) is 11.6.